The van der Waals surface area contributed by atoms with E-state index in [1.807, 2.05) is 41.5 Å². The molecule has 0 aromatic heterocycles. The molecule has 2 bridgehead atoms. The summed E-state index contributed by atoms with van der Waals surface area (Å²) in [6, 6.07) is -1.19. The first-order valence-electron chi connectivity index (χ1n) is 11.5. The zero-order chi connectivity index (χ0) is 23.4. The van der Waals surface area contributed by atoms with Gasteiger partial charge in [-0.05, 0) is 53.4 Å². The summed E-state index contributed by atoms with van der Waals surface area (Å²) < 4.78 is 4.28. The predicted octanol–water partition coefficient (Wildman–Crippen LogP) is 2.35. The Morgan fingerprint density at radius 1 is 1.32 bits per heavy atom. The molecular weight excluding hydrogens is 416 g/mol. The van der Waals surface area contributed by atoms with Gasteiger partial charge in [0, 0.05) is 10.3 Å². The van der Waals surface area contributed by atoms with Crippen molar-refractivity contribution >= 4 is 29.5 Å². The first-order chi connectivity index (χ1) is 14.4. The van der Waals surface area contributed by atoms with Crippen LogP contribution in [-0.4, -0.2) is 68.1 Å². The van der Waals surface area contributed by atoms with Gasteiger partial charge < -0.3 is 20.1 Å². The molecule has 0 aromatic carbocycles. The Morgan fingerprint density at radius 2 is 1.97 bits per heavy atom. The number of carbonyl (C=O) groups excluding carboxylic acids is 3. The van der Waals surface area contributed by atoms with Crippen LogP contribution in [0, 0.1) is 17.8 Å². The summed E-state index contributed by atoms with van der Waals surface area (Å²) in [6.07, 6.45) is 2.22. The largest absolute Gasteiger partial charge is 0.466 e. The second-order valence-corrected chi connectivity index (χ2v) is 12.5. The second kappa shape index (κ2) is 8.25. The van der Waals surface area contributed by atoms with Gasteiger partial charge in [0.25, 0.3) is 0 Å². The lowest BCUT2D eigenvalue weighted by molar-refractivity contribution is -0.155. The molecule has 1 spiro atoms. The number of amides is 2. The Balaban J connectivity index is 2.12. The lowest BCUT2D eigenvalue weighted by atomic mass is 9.66. The molecule has 2 N–H and O–H groups in total. The molecule has 0 saturated carbocycles. The molecule has 3 saturated heterocycles. The molecule has 2 amide bonds. The smallest absolute Gasteiger partial charge is 0.311 e. The third kappa shape index (κ3) is 3.77. The number of hydrogen-bond acceptors (Lipinski definition) is 6. The highest BCUT2D eigenvalue weighted by atomic mass is 32.2. The number of likely N-dealkylation sites (tertiary alicyclic amines) is 1. The average molecular weight is 455 g/mol. The molecule has 3 heterocycles. The van der Waals surface area contributed by atoms with Crippen molar-refractivity contribution < 1.29 is 24.2 Å². The number of rotatable bonds is 7. The van der Waals surface area contributed by atoms with Gasteiger partial charge in [-0.25, -0.2) is 0 Å². The van der Waals surface area contributed by atoms with Gasteiger partial charge in [-0.1, -0.05) is 20.3 Å². The molecule has 2 unspecified atom stereocenters. The standard InChI is InChI=1S/C23H38N2O5S/c1-8-13(3)14(12-26)25-17(18(27)24-21(4,5)6)23-11-10-22(7,31-23)16(15(23)19(25)28)20(29)30-9-2/h13-17,26H,8-12H2,1-7H3,(H,24,27)/t13-,14-,15-,16-,17?,22+,23?/m0/s1. The van der Waals surface area contributed by atoms with Crippen LogP contribution < -0.4 is 5.32 Å². The lowest BCUT2D eigenvalue weighted by Crippen LogP contribution is -2.60. The second-order valence-electron chi connectivity index (χ2n) is 10.6. The minimum Gasteiger partial charge on any atom is -0.466 e. The van der Waals surface area contributed by atoms with Gasteiger partial charge in [0.15, 0.2) is 0 Å². The molecular formula is C23H38N2O5S. The number of ether oxygens (including phenoxy) is 1. The molecule has 3 aliphatic rings. The van der Waals surface area contributed by atoms with Crippen LogP contribution in [0.15, 0.2) is 0 Å². The maximum absolute atomic E-state index is 13.9. The van der Waals surface area contributed by atoms with Crippen molar-refractivity contribution in [2.24, 2.45) is 17.8 Å². The number of nitrogens with zero attached hydrogens (tertiary/aromatic N) is 1. The Labute approximate surface area is 190 Å². The van der Waals surface area contributed by atoms with Crippen LogP contribution in [0.25, 0.3) is 0 Å². The Morgan fingerprint density at radius 3 is 2.48 bits per heavy atom. The predicted molar refractivity (Wildman–Crippen MR) is 120 cm³/mol. The minimum atomic E-state index is -0.721. The number of hydrogen-bond donors (Lipinski definition) is 2. The van der Waals surface area contributed by atoms with Gasteiger partial charge in [-0.3, -0.25) is 14.4 Å². The first kappa shape index (κ1) is 24.4. The molecule has 0 radical (unpaired) electrons. The van der Waals surface area contributed by atoms with Crippen LogP contribution in [0.3, 0.4) is 0 Å². The molecule has 7 nitrogen and oxygen atoms in total. The zero-order valence-electron chi connectivity index (χ0n) is 19.9. The molecule has 0 aromatic rings. The highest BCUT2D eigenvalue weighted by molar-refractivity contribution is 8.02. The van der Waals surface area contributed by atoms with Gasteiger partial charge in [0.05, 0.1) is 35.8 Å². The lowest BCUT2D eigenvalue weighted by Gasteiger charge is -2.40. The molecule has 3 rings (SSSR count). The number of nitrogens with one attached hydrogen (secondary N) is 1. The Bertz CT molecular complexity index is 753. The van der Waals surface area contributed by atoms with Gasteiger partial charge in [-0.2, -0.15) is 0 Å². The molecule has 3 aliphatic heterocycles. The van der Waals surface area contributed by atoms with Crippen molar-refractivity contribution in [2.45, 2.75) is 94.8 Å². The van der Waals surface area contributed by atoms with Crippen LogP contribution in [0.2, 0.25) is 0 Å². The highest BCUT2D eigenvalue weighted by Gasteiger charge is 2.78. The maximum Gasteiger partial charge on any atom is 0.311 e. The zero-order valence-corrected chi connectivity index (χ0v) is 20.7. The van der Waals surface area contributed by atoms with E-state index < -0.39 is 39.0 Å². The van der Waals surface area contributed by atoms with Crippen molar-refractivity contribution in [2.75, 3.05) is 13.2 Å². The number of thioether (sulfide) groups is 1. The fourth-order valence-corrected chi connectivity index (χ4v) is 8.19. The van der Waals surface area contributed by atoms with Crippen molar-refractivity contribution in [3.8, 4) is 0 Å². The Hall–Kier alpha value is -1.28. The van der Waals surface area contributed by atoms with E-state index in [4.69, 9.17) is 4.74 Å². The molecule has 0 aliphatic carbocycles. The number of fused-ring (bicyclic) bond motifs is 1. The third-order valence-electron chi connectivity index (χ3n) is 7.35. The summed E-state index contributed by atoms with van der Waals surface area (Å²) in [5.41, 5.74) is -0.461. The molecule has 31 heavy (non-hydrogen) atoms. The van der Waals surface area contributed by atoms with Gasteiger partial charge >= 0.3 is 5.97 Å². The summed E-state index contributed by atoms with van der Waals surface area (Å²) >= 11 is 1.63. The maximum atomic E-state index is 13.9. The fraction of sp³-hybridized carbons (Fsp3) is 0.870. The van der Waals surface area contributed by atoms with Crippen LogP contribution in [0.1, 0.15) is 67.7 Å². The Kier molecular flexibility index (Phi) is 6.48. The number of carbonyl (C=O) groups is 3. The summed E-state index contributed by atoms with van der Waals surface area (Å²) in [5.74, 6) is -1.91. The first-order valence-corrected chi connectivity index (χ1v) is 12.3. The van der Waals surface area contributed by atoms with Crippen molar-refractivity contribution in [3.63, 3.8) is 0 Å². The number of aliphatic hydroxyl groups is 1. The van der Waals surface area contributed by atoms with E-state index in [1.165, 1.54) is 0 Å². The fourth-order valence-electron chi connectivity index (χ4n) is 5.86. The highest BCUT2D eigenvalue weighted by Crippen LogP contribution is 2.71. The third-order valence-corrected chi connectivity index (χ3v) is 9.33. The normalized spacial score (nSPS) is 36.3. The summed E-state index contributed by atoms with van der Waals surface area (Å²) in [4.78, 5) is 42.3. The van der Waals surface area contributed by atoms with E-state index in [2.05, 4.69) is 5.32 Å². The average Bonchev–Trinajstić information content (AvgIpc) is 3.22. The number of aliphatic hydroxyl groups excluding tert-OH is 1. The van der Waals surface area contributed by atoms with Gasteiger partial charge in [-0.15, -0.1) is 11.8 Å². The quantitative estimate of drug-likeness (QED) is 0.574. The molecule has 176 valence electrons. The molecule has 3 fully saturated rings. The van der Waals surface area contributed by atoms with Crippen LogP contribution in [0.4, 0.5) is 0 Å². The summed E-state index contributed by atoms with van der Waals surface area (Å²) in [5, 5.41) is 13.3. The molecule has 8 heteroatoms. The summed E-state index contributed by atoms with van der Waals surface area (Å²) in [6.45, 7) is 13.6. The molecule has 7 atom stereocenters. The van der Waals surface area contributed by atoms with E-state index in [-0.39, 0.29) is 36.9 Å². The van der Waals surface area contributed by atoms with Gasteiger partial charge in [0.1, 0.15) is 6.04 Å². The van der Waals surface area contributed by atoms with E-state index in [0.29, 0.717) is 6.42 Å². The topological polar surface area (TPSA) is 95.9 Å². The van der Waals surface area contributed by atoms with E-state index >= 15 is 0 Å². The monoisotopic (exact) mass is 454 g/mol. The van der Waals surface area contributed by atoms with Crippen LogP contribution in [-0.2, 0) is 19.1 Å². The van der Waals surface area contributed by atoms with E-state index in [0.717, 1.165) is 12.8 Å². The number of esters is 1. The van der Waals surface area contributed by atoms with Crippen LogP contribution >= 0.6 is 11.8 Å². The van der Waals surface area contributed by atoms with Crippen molar-refractivity contribution in [1.82, 2.24) is 10.2 Å². The van der Waals surface area contributed by atoms with Crippen molar-refractivity contribution in [3.05, 3.63) is 0 Å². The SMILES string of the molecule is CCOC(=O)[C@@H]1[C@H]2C(=O)N([C@@H](CO)[C@@H](C)CC)C(C(=O)NC(C)(C)C)C23CC[C@@]1(C)S3. The van der Waals surface area contributed by atoms with Crippen molar-refractivity contribution in [1.29, 1.82) is 0 Å². The van der Waals surface area contributed by atoms with Gasteiger partial charge in [0.2, 0.25) is 11.8 Å². The minimum absolute atomic E-state index is 0.0212. The van der Waals surface area contributed by atoms with Crippen LogP contribution in [0.5, 0.6) is 0 Å². The van der Waals surface area contributed by atoms with E-state index in [1.54, 1.807) is 23.6 Å². The van der Waals surface area contributed by atoms with E-state index in [9.17, 15) is 19.5 Å². The summed E-state index contributed by atoms with van der Waals surface area (Å²) in [7, 11) is 0.